The third-order valence-electron chi connectivity index (χ3n) is 2.20. The quantitative estimate of drug-likeness (QED) is 0.496. The number of nitrogens with one attached hydrogen (secondary N) is 1. The van der Waals surface area contributed by atoms with Crippen molar-refractivity contribution in [2.24, 2.45) is 0 Å². The molecule has 0 fully saturated rings. The van der Waals surface area contributed by atoms with Gasteiger partial charge in [-0.05, 0) is 6.92 Å². The number of ether oxygens (including phenoxy) is 1. The first-order chi connectivity index (χ1) is 8.86. The van der Waals surface area contributed by atoms with Gasteiger partial charge in [0.25, 0.3) is 6.43 Å². The molecule has 0 radical (unpaired) electrons. The van der Waals surface area contributed by atoms with Crippen molar-refractivity contribution in [3.8, 4) is 0 Å². The van der Waals surface area contributed by atoms with Gasteiger partial charge >= 0.3 is 17.2 Å². The van der Waals surface area contributed by atoms with Crippen molar-refractivity contribution in [2.75, 3.05) is 6.61 Å². The maximum Gasteiger partial charge on any atom is 0.334 e. The van der Waals surface area contributed by atoms with E-state index >= 15 is 0 Å². The predicted molar refractivity (Wildman–Crippen MR) is 59.0 cm³/mol. The van der Waals surface area contributed by atoms with Crippen molar-refractivity contribution in [1.82, 2.24) is 4.98 Å². The normalized spacial score (nSPS) is 10.5. The number of H-pyrrole nitrogens is 1. The molecule has 0 aromatic carbocycles. The van der Waals surface area contributed by atoms with Crippen LogP contribution < -0.4 is 5.56 Å². The van der Waals surface area contributed by atoms with Crippen LogP contribution in [0.15, 0.2) is 10.9 Å². The Morgan fingerprint density at radius 3 is 2.68 bits per heavy atom. The van der Waals surface area contributed by atoms with E-state index in [1.807, 2.05) is 4.98 Å². The van der Waals surface area contributed by atoms with E-state index in [4.69, 9.17) is 0 Å². The summed E-state index contributed by atoms with van der Waals surface area (Å²) >= 11 is 0. The number of pyridine rings is 1. The number of halogens is 2. The van der Waals surface area contributed by atoms with Crippen LogP contribution >= 0.6 is 0 Å². The summed E-state index contributed by atoms with van der Waals surface area (Å²) in [6, 6.07) is 0.470. The highest BCUT2D eigenvalue weighted by Crippen LogP contribution is 2.24. The van der Waals surface area contributed by atoms with E-state index in [0.29, 0.717) is 6.07 Å². The predicted octanol–water partition coefficient (Wildman–Crippen LogP) is 1.33. The van der Waals surface area contributed by atoms with Gasteiger partial charge in [0.2, 0.25) is 0 Å². The molecule has 19 heavy (non-hydrogen) atoms. The molecule has 9 heteroatoms. The third kappa shape index (κ3) is 3.57. The molecule has 1 N–H and O–H groups in total. The van der Waals surface area contributed by atoms with E-state index in [9.17, 15) is 28.5 Å². The SMILES string of the molecule is CCOC(=O)Cc1[nH]c(=O)c([N+](=O)[O-])cc1C(F)F. The van der Waals surface area contributed by atoms with Gasteiger partial charge in [0.05, 0.1) is 18.0 Å². The van der Waals surface area contributed by atoms with Gasteiger partial charge in [0.1, 0.15) is 0 Å². The maximum absolute atomic E-state index is 12.7. The summed E-state index contributed by atoms with van der Waals surface area (Å²) in [7, 11) is 0. The lowest BCUT2D eigenvalue weighted by atomic mass is 10.1. The molecule has 104 valence electrons. The van der Waals surface area contributed by atoms with Crippen molar-refractivity contribution in [2.45, 2.75) is 19.8 Å². The molecule has 0 bridgehead atoms. The van der Waals surface area contributed by atoms with Crippen molar-refractivity contribution in [3.05, 3.63) is 37.8 Å². The molecule has 1 aromatic heterocycles. The molecule has 0 aliphatic rings. The lowest BCUT2D eigenvalue weighted by Gasteiger charge is -2.08. The van der Waals surface area contributed by atoms with E-state index < -0.39 is 40.5 Å². The summed E-state index contributed by atoms with van der Waals surface area (Å²) in [5, 5.41) is 10.5. The highest BCUT2D eigenvalue weighted by molar-refractivity contribution is 5.72. The van der Waals surface area contributed by atoms with Crippen LogP contribution in [0.3, 0.4) is 0 Å². The van der Waals surface area contributed by atoms with Gasteiger partial charge in [-0.3, -0.25) is 19.7 Å². The molecular formula is C10H10F2N2O5. The van der Waals surface area contributed by atoms with Crippen LogP contribution in [0.2, 0.25) is 0 Å². The number of carbonyl (C=O) groups is 1. The Hall–Kier alpha value is -2.32. The highest BCUT2D eigenvalue weighted by Gasteiger charge is 2.23. The molecule has 0 atom stereocenters. The molecule has 0 aliphatic carbocycles. The Bertz CT molecular complexity index is 555. The molecule has 1 aromatic rings. The molecular weight excluding hydrogens is 266 g/mol. The minimum atomic E-state index is -3.06. The summed E-state index contributed by atoms with van der Waals surface area (Å²) in [6.45, 7) is 1.59. The number of aromatic amines is 1. The summed E-state index contributed by atoms with van der Waals surface area (Å²) in [5.74, 6) is -0.811. The van der Waals surface area contributed by atoms with Gasteiger partial charge < -0.3 is 9.72 Å². The molecule has 0 saturated carbocycles. The first-order valence-electron chi connectivity index (χ1n) is 5.21. The molecule has 0 aliphatic heterocycles. The number of esters is 1. The number of hydrogen-bond donors (Lipinski definition) is 1. The van der Waals surface area contributed by atoms with Crippen LogP contribution in [0.4, 0.5) is 14.5 Å². The van der Waals surface area contributed by atoms with E-state index in [1.165, 1.54) is 6.92 Å². The van der Waals surface area contributed by atoms with Gasteiger partial charge in [-0.15, -0.1) is 0 Å². The van der Waals surface area contributed by atoms with Crippen LogP contribution in [0, 0.1) is 10.1 Å². The van der Waals surface area contributed by atoms with Gasteiger partial charge in [-0.25, -0.2) is 8.78 Å². The number of nitro groups is 1. The van der Waals surface area contributed by atoms with Crippen LogP contribution in [0.25, 0.3) is 0 Å². The summed E-state index contributed by atoms with van der Waals surface area (Å²) in [6.07, 6.45) is -3.64. The fourth-order valence-electron chi connectivity index (χ4n) is 1.41. The van der Waals surface area contributed by atoms with E-state index in [0.717, 1.165) is 0 Å². The second kappa shape index (κ2) is 6.03. The summed E-state index contributed by atoms with van der Waals surface area (Å²) < 4.78 is 30.0. The van der Waals surface area contributed by atoms with Crippen molar-refractivity contribution in [1.29, 1.82) is 0 Å². The lowest BCUT2D eigenvalue weighted by molar-refractivity contribution is -0.386. The number of alkyl halides is 2. The first kappa shape index (κ1) is 14.7. The standard InChI is InChI=1S/C10H10F2N2O5/c1-2-19-8(15)4-6-5(9(11)12)3-7(14(17)18)10(16)13-6/h3,9H,2,4H2,1H3,(H,13,16). The monoisotopic (exact) mass is 276 g/mol. The Morgan fingerprint density at radius 2 is 2.21 bits per heavy atom. The van der Waals surface area contributed by atoms with Crippen LogP contribution in [0.5, 0.6) is 0 Å². The van der Waals surface area contributed by atoms with Crippen LogP contribution in [-0.2, 0) is 16.0 Å². The fourth-order valence-corrected chi connectivity index (χ4v) is 1.41. The second-order valence-electron chi connectivity index (χ2n) is 3.46. The number of hydrogen-bond acceptors (Lipinski definition) is 5. The number of rotatable bonds is 5. The van der Waals surface area contributed by atoms with Crippen molar-refractivity contribution < 1.29 is 23.2 Å². The Kier molecular flexibility index (Phi) is 4.67. The van der Waals surface area contributed by atoms with Gasteiger partial charge in [0.15, 0.2) is 0 Å². The molecule has 1 heterocycles. The smallest absolute Gasteiger partial charge is 0.334 e. The topological polar surface area (TPSA) is 102 Å². The molecule has 0 spiro atoms. The van der Waals surface area contributed by atoms with Crippen molar-refractivity contribution >= 4 is 11.7 Å². The van der Waals surface area contributed by atoms with Crippen molar-refractivity contribution in [3.63, 3.8) is 0 Å². The van der Waals surface area contributed by atoms with Crippen LogP contribution in [-0.4, -0.2) is 22.5 Å². The van der Waals surface area contributed by atoms with Gasteiger partial charge in [-0.2, -0.15) is 0 Å². The van der Waals surface area contributed by atoms with Crippen LogP contribution in [0.1, 0.15) is 24.6 Å². The number of nitrogens with zero attached hydrogens (tertiary/aromatic N) is 1. The molecule has 0 unspecified atom stereocenters. The van der Waals surface area contributed by atoms with E-state index in [2.05, 4.69) is 4.74 Å². The molecule has 7 nitrogen and oxygen atoms in total. The summed E-state index contributed by atoms with van der Waals surface area (Å²) in [4.78, 5) is 33.8. The Labute approximate surface area is 105 Å². The third-order valence-corrected chi connectivity index (χ3v) is 2.20. The second-order valence-corrected chi connectivity index (χ2v) is 3.46. The number of aromatic nitrogens is 1. The van der Waals surface area contributed by atoms with Gasteiger partial charge in [0, 0.05) is 17.3 Å². The van der Waals surface area contributed by atoms with E-state index in [-0.39, 0.29) is 12.3 Å². The zero-order valence-corrected chi connectivity index (χ0v) is 9.81. The van der Waals surface area contributed by atoms with E-state index in [1.54, 1.807) is 0 Å². The van der Waals surface area contributed by atoms with Gasteiger partial charge in [-0.1, -0.05) is 0 Å². The molecule has 0 saturated heterocycles. The minimum Gasteiger partial charge on any atom is -0.466 e. The zero-order valence-electron chi connectivity index (χ0n) is 9.81. The molecule has 0 amide bonds. The minimum absolute atomic E-state index is 0.0556. The largest absolute Gasteiger partial charge is 0.466 e. The summed E-state index contributed by atoms with van der Waals surface area (Å²) in [5.41, 5.74) is -3.29. The number of carbonyl (C=O) groups excluding carboxylic acids is 1. The zero-order chi connectivity index (χ0) is 14.6. The first-order valence-corrected chi connectivity index (χ1v) is 5.21. The lowest BCUT2D eigenvalue weighted by Crippen LogP contribution is -2.19. The fraction of sp³-hybridized carbons (Fsp3) is 0.400. The Balaban J connectivity index is 3.24. The highest BCUT2D eigenvalue weighted by atomic mass is 19.3. The Morgan fingerprint density at radius 1 is 1.58 bits per heavy atom. The average molecular weight is 276 g/mol. The average Bonchev–Trinajstić information content (AvgIpc) is 2.28. The maximum atomic E-state index is 12.7. The molecule has 1 rings (SSSR count).